The van der Waals surface area contributed by atoms with E-state index in [2.05, 4.69) is 29.1 Å². The second-order valence-corrected chi connectivity index (χ2v) is 5.71. The molecule has 21 heavy (non-hydrogen) atoms. The normalized spacial score (nSPS) is 15.1. The van der Waals surface area contributed by atoms with Crippen LogP contribution in [0.5, 0.6) is 0 Å². The number of amides is 1. The zero-order valence-electron chi connectivity index (χ0n) is 13.1. The molecular formula is C16H26N4O. The lowest BCUT2D eigenvalue weighted by Crippen LogP contribution is -2.32. The molecule has 116 valence electrons. The smallest absolute Gasteiger partial charge is 0.256 e. The minimum Gasteiger partial charge on any atom is -0.351 e. The van der Waals surface area contributed by atoms with Gasteiger partial charge in [0.1, 0.15) is 0 Å². The first-order chi connectivity index (χ1) is 10.2. The summed E-state index contributed by atoms with van der Waals surface area (Å²) < 4.78 is 0. The van der Waals surface area contributed by atoms with Gasteiger partial charge in [0.15, 0.2) is 0 Å². The summed E-state index contributed by atoms with van der Waals surface area (Å²) in [5, 5.41) is 3.34. The van der Waals surface area contributed by atoms with Gasteiger partial charge in [0.2, 0.25) is 5.95 Å². The van der Waals surface area contributed by atoms with Crippen molar-refractivity contribution in [2.24, 2.45) is 0 Å². The van der Waals surface area contributed by atoms with E-state index in [1.807, 2.05) is 4.90 Å². The third-order valence-electron chi connectivity index (χ3n) is 3.86. The Kier molecular flexibility index (Phi) is 5.96. The average Bonchev–Trinajstić information content (AvgIpc) is 3.00. The van der Waals surface area contributed by atoms with E-state index in [-0.39, 0.29) is 5.91 Å². The second-order valence-electron chi connectivity index (χ2n) is 5.71. The molecule has 0 atom stereocenters. The Bertz CT molecular complexity index is 434. The van der Waals surface area contributed by atoms with Gasteiger partial charge in [0.25, 0.3) is 5.91 Å². The number of nitrogens with one attached hydrogen (secondary N) is 1. The first-order valence-electron chi connectivity index (χ1n) is 8.12. The molecule has 1 fully saturated rings. The summed E-state index contributed by atoms with van der Waals surface area (Å²) in [4.78, 5) is 22.9. The highest BCUT2D eigenvalue weighted by Crippen LogP contribution is 2.20. The Morgan fingerprint density at radius 2 is 1.76 bits per heavy atom. The van der Waals surface area contributed by atoms with Crippen LogP contribution >= 0.6 is 0 Å². The highest BCUT2D eigenvalue weighted by Gasteiger charge is 2.17. The van der Waals surface area contributed by atoms with Gasteiger partial charge in [0.05, 0.1) is 5.56 Å². The standard InChI is InChI=1S/C16H26N4O/c1-3-9-20(10-4-2)15(21)13-11-17-16(18-12-13)19-14-7-5-6-8-14/h11-12,14H,3-10H2,1-2H3,(H,17,18,19). The lowest BCUT2D eigenvalue weighted by molar-refractivity contribution is 0.0754. The van der Waals surface area contributed by atoms with E-state index in [1.54, 1.807) is 12.4 Å². The van der Waals surface area contributed by atoms with Crippen molar-refractivity contribution in [3.8, 4) is 0 Å². The molecule has 0 bridgehead atoms. The van der Waals surface area contributed by atoms with Crippen LogP contribution in [0.4, 0.5) is 5.95 Å². The molecule has 0 aromatic carbocycles. The molecular weight excluding hydrogens is 264 g/mol. The number of hydrogen-bond acceptors (Lipinski definition) is 4. The maximum atomic E-state index is 12.4. The number of anilines is 1. The van der Waals surface area contributed by atoms with Gasteiger partial charge in [-0.2, -0.15) is 0 Å². The van der Waals surface area contributed by atoms with Crippen LogP contribution in [0.1, 0.15) is 62.7 Å². The van der Waals surface area contributed by atoms with Crippen LogP contribution in [0.2, 0.25) is 0 Å². The fourth-order valence-corrected chi connectivity index (χ4v) is 2.80. The molecule has 1 saturated carbocycles. The molecule has 1 amide bonds. The highest BCUT2D eigenvalue weighted by molar-refractivity contribution is 5.93. The van der Waals surface area contributed by atoms with Gasteiger partial charge >= 0.3 is 0 Å². The predicted octanol–water partition coefficient (Wildman–Crippen LogP) is 3.09. The van der Waals surface area contributed by atoms with Crippen molar-refractivity contribution in [1.82, 2.24) is 14.9 Å². The third-order valence-corrected chi connectivity index (χ3v) is 3.86. The van der Waals surface area contributed by atoms with Crippen molar-refractivity contribution in [1.29, 1.82) is 0 Å². The number of carbonyl (C=O) groups is 1. The number of rotatable bonds is 7. The van der Waals surface area contributed by atoms with E-state index in [9.17, 15) is 4.79 Å². The van der Waals surface area contributed by atoms with Crippen molar-refractivity contribution in [3.63, 3.8) is 0 Å². The fourth-order valence-electron chi connectivity index (χ4n) is 2.80. The Labute approximate surface area is 127 Å². The monoisotopic (exact) mass is 290 g/mol. The fraction of sp³-hybridized carbons (Fsp3) is 0.688. The van der Waals surface area contributed by atoms with Gasteiger partial charge in [-0.05, 0) is 25.7 Å². The Hall–Kier alpha value is -1.65. The van der Waals surface area contributed by atoms with Crippen molar-refractivity contribution in [2.45, 2.75) is 58.4 Å². The van der Waals surface area contributed by atoms with Crippen LogP contribution in [-0.4, -0.2) is 39.9 Å². The molecule has 0 unspecified atom stereocenters. The van der Waals surface area contributed by atoms with Crippen molar-refractivity contribution >= 4 is 11.9 Å². The predicted molar refractivity (Wildman–Crippen MR) is 84.4 cm³/mol. The Morgan fingerprint density at radius 1 is 1.19 bits per heavy atom. The molecule has 1 aromatic rings. The number of carbonyl (C=O) groups excluding carboxylic acids is 1. The molecule has 0 radical (unpaired) electrons. The lowest BCUT2D eigenvalue weighted by Gasteiger charge is -2.21. The molecule has 1 heterocycles. The minimum atomic E-state index is 0.0334. The van der Waals surface area contributed by atoms with E-state index in [1.165, 1.54) is 25.7 Å². The lowest BCUT2D eigenvalue weighted by atomic mass is 10.2. The molecule has 1 aromatic heterocycles. The first kappa shape index (κ1) is 15.7. The zero-order valence-corrected chi connectivity index (χ0v) is 13.1. The van der Waals surface area contributed by atoms with Crippen LogP contribution in [0.15, 0.2) is 12.4 Å². The van der Waals surface area contributed by atoms with Crippen molar-refractivity contribution in [3.05, 3.63) is 18.0 Å². The van der Waals surface area contributed by atoms with Gasteiger partial charge < -0.3 is 10.2 Å². The highest BCUT2D eigenvalue weighted by atomic mass is 16.2. The Balaban J connectivity index is 1.97. The van der Waals surface area contributed by atoms with Crippen molar-refractivity contribution in [2.75, 3.05) is 18.4 Å². The van der Waals surface area contributed by atoms with Gasteiger partial charge in [-0.15, -0.1) is 0 Å². The quantitative estimate of drug-likeness (QED) is 0.838. The van der Waals surface area contributed by atoms with Gasteiger partial charge in [-0.3, -0.25) is 4.79 Å². The number of aromatic nitrogens is 2. The number of nitrogens with zero attached hydrogens (tertiary/aromatic N) is 3. The summed E-state index contributed by atoms with van der Waals surface area (Å²) in [6, 6.07) is 0.489. The molecule has 2 rings (SSSR count). The van der Waals surface area contributed by atoms with Crippen molar-refractivity contribution < 1.29 is 4.79 Å². The van der Waals surface area contributed by atoms with Crippen LogP contribution in [0.25, 0.3) is 0 Å². The second kappa shape index (κ2) is 7.96. The van der Waals surface area contributed by atoms with E-state index >= 15 is 0 Å². The maximum Gasteiger partial charge on any atom is 0.256 e. The third kappa shape index (κ3) is 4.41. The molecule has 0 spiro atoms. The molecule has 1 aliphatic rings. The average molecular weight is 290 g/mol. The van der Waals surface area contributed by atoms with Crippen LogP contribution in [-0.2, 0) is 0 Å². The molecule has 5 heteroatoms. The van der Waals surface area contributed by atoms with E-state index in [0.29, 0.717) is 17.6 Å². The molecule has 0 saturated heterocycles. The van der Waals surface area contributed by atoms with Crippen LogP contribution in [0, 0.1) is 0 Å². The molecule has 1 N–H and O–H groups in total. The molecule has 5 nitrogen and oxygen atoms in total. The van der Waals surface area contributed by atoms with Gasteiger partial charge in [-0.25, -0.2) is 9.97 Å². The van der Waals surface area contributed by atoms with Gasteiger partial charge in [-0.1, -0.05) is 26.7 Å². The van der Waals surface area contributed by atoms with E-state index in [4.69, 9.17) is 0 Å². The first-order valence-corrected chi connectivity index (χ1v) is 8.12. The summed E-state index contributed by atoms with van der Waals surface area (Å²) in [5.74, 6) is 0.669. The summed E-state index contributed by atoms with van der Waals surface area (Å²) in [7, 11) is 0. The summed E-state index contributed by atoms with van der Waals surface area (Å²) in [6.45, 7) is 5.74. The van der Waals surface area contributed by atoms with Gasteiger partial charge in [0, 0.05) is 31.5 Å². The molecule has 1 aliphatic carbocycles. The topological polar surface area (TPSA) is 58.1 Å². The van der Waals surface area contributed by atoms with Crippen LogP contribution < -0.4 is 5.32 Å². The minimum absolute atomic E-state index is 0.0334. The largest absolute Gasteiger partial charge is 0.351 e. The summed E-state index contributed by atoms with van der Waals surface area (Å²) >= 11 is 0. The zero-order chi connectivity index (χ0) is 15.1. The summed E-state index contributed by atoms with van der Waals surface area (Å²) in [6.07, 6.45) is 10.1. The summed E-state index contributed by atoms with van der Waals surface area (Å²) in [5.41, 5.74) is 0.578. The number of hydrogen-bond donors (Lipinski definition) is 1. The Morgan fingerprint density at radius 3 is 2.29 bits per heavy atom. The van der Waals surface area contributed by atoms with E-state index < -0.39 is 0 Å². The maximum absolute atomic E-state index is 12.4. The molecule has 0 aliphatic heterocycles. The van der Waals surface area contributed by atoms with E-state index in [0.717, 1.165) is 25.9 Å². The SMILES string of the molecule is CCCN(CCC)C(=O)c1cnc(NC2CCCC2)nc1. The van der Waals surface area contributed by atoms with Crippen LogP contribution in [0.3, 0.4) is 0 Å².